The number of Topliss-reactive ketones (excluding diaryl/α,β-unsaturated/α-hetero) is 1. The maximum Gasteiger partial charge on any atom is 0.163 e. The molecular formula is C12H14N2OS. The summed E-state index contributed by atoms with van der Waals surface area (Å²) in [4.78, 5) is 12.6. The summed E-state index contributed by atoms with van der Waals surface area (Å²) in [5, 5.41) is 2.00. The van der Waals surface area contributed by atoms with E-state index in [0.29, 0.717) is 11.3 Å². The maximum atomic E-state index is 11.5. The van der Waals surface area contributed by atoms with Crippen LogP contribution in [0.5, 0.6) is 0 Å². The van der Waals surface area contributed by atoms with Crippen LogP contribution >= 0.6 is 11.3 Å². The zero-order chi connectivity index (χ0) is 11.9. The van der Waals surface area contributed by atoms with Crippen LogP contribution in [0.1, 0.15) is 23.0 Å². The Morgan fingerprint density at radius 2 is 2.19 bits per heavy atom. The third-order valence-electron chi connectivity index (χ3n) is 2.83. The third kappa shape index (κ3) is 1.46. The van der Waals surface area contributed by atoms with Crippen molar-refractivity contribution in [2.45, 2.75) is 13.8 Å². The second kappa shape index (κ2) is 3.79. The Labute approximate surface area is 98.5 Å². The predicted octanol–water partition coefficient (Wildman–Crippen LogP) is 2.85. The highest BCUT2D eigenvalue weighted by molar-refractivity contribution is 7.13. The summed E-state index contributed by atoms with van der Waals surface area (Å²) in [5.74, 6) is 0.0217. The Kier molecular flexibility index (Phi) is 2.59. The summed E-state index contributed by atoms with van der Waals surface area (Å²) in [6.45, 7) is 3.47. The van der Waals surface area contributed by atoms with Gasteiger partial charge in [-0.3, -0.25) is 4.79 Å². The molecule has 0 fully saturated rings. The molecule has 3 nitrogen and oxygen atoms in total. The second-order valence-corrected chi connectivity index (χ2v) is 4.76. The molecule has 0 radical (unpaired) electrons. The van der Waals surface area contributed by atoms with Crippen LogP contribution in [0.2, 0.25) is 0 Å². The molecule has 0 aliphatic rings. The number of aromatic nitrogens is 1. The van der Waals surface area contributed by atoms with E-state index >= 15 is 0 Å². The van der Waals surface area contributed by atoms with Gasteiger partial charge in [0.25, 0.3) is 0 Å². The van der Waals surface area contributed by atoms with Crippen molar-refractivity contribution in [1.29, 1.82) is 0 Å². The molecule has 4 heteroatoms. The first-order chi connectivity index (χ1) is 7.54. The van der Waals surface area contributed by atoms with Crippen LogP contribution in [-0.4, -0.2) is 10.4 Å². The number of anilines is 1. The average Bonchev–Trinajstić information content (AvgIpc) is 2.76. The molecule has 0 bridgehead atoms. The number of hydrogen-bond donors (Lipinski definition) is 1. The zero-order valence-corrected chi connectivity index (χ0v) is 10.4. The van der Waals surface area contributed by atoms with Gasteiger partial charge in [-0.25, -0.2) is 0 Å². The van der Waals surface area contributed by atoms with Crippen LogP contribution in [0.15, 0.2) is 17.5 Å². The molecule has 0 atom stereocenters. The van der Waals surface area contributed by atoms with E-state index in [0.717, 1.165) is 16.3 Å². The SMILES string of the molecule is CC(=O)c1c(N)c(-c2cccs2)n(C)c1C. The first-order valence-corrected chi connectivity index (χ1v) is 5.91. The molecule has 0 unspecified atom stereocenters. The van der Waals surface area contributed by atoms with Crippen LogP contribution in [0.4, 0.5) is 5.69 Å². The molecule has 0 saturated heterocycles. The summed E-state index contributed by atoms with van der Waals surface area (Å²) >= 11 is 1.63. The quantitative estimate of drug-likeness (QED) is 0.812. The predicted molar refractivity (Wildman–Crippen MR) is 67.9 cm³/mol. The van der Waals surface area contributed by atoms with Gasteiger partial charge in [0.15, 0.2) is 5.78 Å². The number of nitrogens with zero attached hydrogens (tertiary/aromatic N) is 1. The van der Waals surface area contributed by atoms with Crippen molar-refractivity contribution < 1.29 is 4.79 Å². The number of thiophene rings is 1. The lowest BCUT2D eigenvalue weighted by molar-refractivity contribution is 0.101. The van der Waals surface area contributed by atoms with Crippen molar-refractivity contribution in [3.63, 3.8) is 0 Å². The molecule has 2 N–H and O–H groups in total. The molecule has 0 spiro atoms. The van der Waals surface area contributed by atoms with E-state index in [2.05, 4.69) is 0 Å². The molecule has 2 aromatic heterocycles. The Balaban J connectivity index is 2.73. The minimum absolute atomic E-state index is 0.0217. The lowest BCUT2D eigenvalue weighted by Crippen LogP contribution is -1.98. The van der Waals surface area contributed by atoms with Crippen molar-refractivity contribution in [3.05, 3.63) is 28.8 Å². The Bertz CT molecular complexity index is 538. The van der Waals surface area contributed by atoms with E-state index in [1.165, 1.54) is 0 Å². The van der Waals surface area contributed by atoms with Crippen LogP contribution in [0.3, 0.4) is 0 Å². The second-order valence-electron chi connectivity index (χ2n) is 3.82. The van der Waals surface area contributed by atoms with Crippen molar-refractivity contribution in [3.8, 4) is 10.6 Å². The first kappa shape index (κ1) is 11.0. The highest BCUT2D eigenvalue weighted by Crippen LogP contribution is 2.35. The van der Waals surface area contributed by atoms with Gasteiger partial charge < -0.3 is 10.3 Å². The molecule has 0 aromatic carbocycles. The minimum atomic E-state index is 0.0217. The van der Waals surface area contributed by atoms with Crippen molar-refractivity contribution in [2.75, 3.05) is 5.73 Å². The van der Waals surface area contributed by atoms with Gasteiger partial charge in [0, 0.05) is 12.7 Å². The fraction of sp³-hybridized carbons (Fsp3) is 0.250. The topological polar surface area (TPSA) is 48.0 Å². The fourth-order valence-corrected chi connectivity index (χ4v) is 2.80. The Hall–Kier alpha value is -1.55. The molecular weight excluding hydrogens is 220 g/mol. The van der Waals surface area contributed by atoms with Crippen LogP contribution in [0, 0.1) is 6.92 Å². The van der Waals surface area contributed by atoms with E-state index in [4.69, 9.17) is 5.73 Å². The number of carbonyl (C=O) groups is 1. The number of ketones is 1. The molecule has 0 amide bonds. The Morgan fingerprint density at radius 3 is 2.62 bits per heavy atom. The zero-order valence-electron chi connectivity index (χ0n) is 9.57. The summed E-state index contributed by atoms with van der Waals surface area (Å²) in [6, 6.07) is 3.99. The van der Waals surface area contributed by atoms with Gasteiger partial charge in [0.2, 0.25) is 0 Å². The minimum Gasteiger partial charge on any atom is -0.396 e. The van der Waals surface area contributed by atoms with Crippen molar-refractivity contribution in [1.82, 2.24) is 4.57 Å². The standard InChI is InChI=1S/C12H14N2OS/c1-7-10(8(2)15)11(13)12(14(7)3)9-5-4-6-16-9/h4-6H,13H2,1-3H3. The van der Waals surface area contributed by atoms with Gasteiger partial charge in [0.05, 0.1) is 21.8 Å². The normalized spacial score (nSPS) is 10.7. The van der Waals surface area contributed by atoms with Crippen LogP contribution in [-0.2, 0) is 7.05 Å². The summed E-state index contributed by atoms with van der Waals surface area (Å²) in [6.07, 6.45) is 0. The highest BCUT2D eigenvalue weighted by Gasteiger charge is 2.20. The van der Waals surface area contributed by atoms with Crippen LogP contribution < -0.4 is 5.73 Å². The summed E-state index contributed by atoms with van der Waals surface area (Å²) in [7, 11) is 1.94. The molecule has 84 valence electrons. The summed E-state index contributed by atoms with van der Waals surface area (Å²) < 4.78 is 1.98. The van der Waals surface area contributed by atoms with Gasteiger partial charge in [-0.05, 0) is 25.3 Å². The monoisotopic (exact) mass is 234 g/mol. The number of rotatable bonds is 2. The smallest absolute Gasteiger partial charge is 0.163 e. The van der Waals surface area contributed by atoms with Crippen molar-refractivity contribution >= 4 is 22.8 Å². The molecule has 16 heavy (non-hydrogen) atoms. The van der Waals surface area contributed by atoms with Gasteiger partial charge in [-0.15, -0.1) is 11.3 Å². The van der Waals surface area contributed by atoms with E-state index in [1.807, 2.05) is 36.1 Å². The maximum absolute atomic E-state index is 11.5. The number of carbonyl (C=O) groups excluding carboxylic acids is 1. The number of hydrogen-bond acceptors (Lipinski definition) is 3. The molecule has 0 aliphatic heterocycles. The van der Waals surface area contributed by atoms with Crippen LogP contribution in [0.25, 0.3) is 10.6 Å². The number of nitrogen functional groups attached to an aromatic ring is 1. The largest absolute Gasteiger partial charge is 0.396 e. The molecule has 2 aromatic rings. The van der Waals surface area contributed by atoms with E-state index in [9.17, 15) is 4.79 Å². The Morgan fingerprint density at radius 1 is 1.50 bits per heavy atom. The third-order valence-corrected chi connectivity index (χ3v) is 3.71. The summed E-state index contributed by atoms with van der Waals surface area (Å²) in [5.41, 5.74) is 9.17. The van der Waals surface area contributed by atoms with E-state index < -0.39 is 0 Å². The first-order valence-electron chi connectivity index (χ1n) is 5.03. The van der Waals surface area contributed by atoms with Gasteiger partial charge in [-0.2, -0.15) is 0 Å². The van der Waals surface area contributed by atoms with Gasteiger partial charge in [-0.1, -0.05) is 6.07 Å². The van der Waals surface area contributed by atoms with E-state index in [1.54, 1.807) is 18.3 Å². The van der Waals surface area contributed by atoms with Gasteiger partial charge >= 0.3 is 0 Å². The van der Waals surface area contributed by atoms with Crippen molar-refractivity contribution in [2.24, 2.45) is 7.05 Å². The number of nitrogens with two attached hydrogens (primary N) is 1. The molecule has 2 heterocycles. The molecule has 0 saturated carbocycles. The van der Waals surface area contributed by atoms with E-state index in [-0.39, 0.29) is 5.78 Å². The average molecular weight is 234 g/mol. The lowest BCUT2D eigenvalue weighted by atomic mass is 10.1. The highest BCUT2D eigenvalue weighted by atomic mass is 32.1. The lowest BCUT2D eigenvalue weighted by Gasteiger charge is -2.02. The molecule has 2 rings (SSSR count). The molecule has 0 aliphatic carbocycles. The fourth-order valence-electron chi connectivity index (χ4n) is 1.99. The van der Waals surface area contributed by atoms with Gasteiger partial charge in [0.1, 0.15) is 0 Å².